The summed E-state index contributed by atoms with van der Waals surface area (Å²) in [5.74, 6) is 1.69. The second-order valence-electron chi connectivity index (χ2n) is 9.22. The minimum Gasteiger partial charge on any atom is -0.504 e. The van der Waals surface area contributed by atoms with E-state index in [1.807, 2.05) is 7.05 Å². The van der Waals surface area contributed by atoms with Crippen LogP contribution in [0.4, 0.5) is 0 Å². The van der Waals surface area contributed by atoms with Crippen LogP contribution in [0.5, 0.6) is 11.5 Å². The number of aliphatic hydroxyl groups is 1. The molecule has 2 saturated carbocycles. The van der Waals surface area contributed by atoms with Gasteiger partial charge in [0.2, 0.25) is 0 Å². The van der Waals surface area contributed by atoms with E-state index in [2.05, 4.69) is 16.3 Å². The molecule has 5 aliphatic rings. The zero-order chi connectivity index (χ0) is 17.7. The molecular weight excluding hydrogens is 328 g/mol. The Bertz CT molecular complexity index is 779. The van der Waals surface area contributed by atoms with E-state index in [9.17, 15) is 10.2 Å². The highest BCUT2D eigenvalue weighted by Crippen LogP contribution is 2.65. The van der Waals surface area contributed by atoms with Crippen LogP contribution < -0.4 is 10.1 Å². The van der Waals surface area contributed by atoms with Gasteiger partial charge in [0.25, 0.3) is 0 Å². The number of phenolic OH excluding ortho intramolecular Hbond substituents is 1. The molecule has 1 saturated heterocycles. The van der Waals surface area contributed by atoms with E-state index < -0.39 is 5.60 Å². The monoisotopic (exact) mass is 356 g/mol. The molecule has 3 fully saturated rings. The molecule has 0 aromatic heterocycles. The smallest absolute Gasteiger partial charge is 0.165 e. The minimum atomic E-state index is -0.760. The number of nitrogens with one attached hydrogen (secondary N) is 1. The van der Waals surface area contributed by atoms with Crippen molar-refractivity contribution >= 4 is 0 Å². The first-order valence-corrected chi connectivity index (χ1v) is 10.2. The van der Waals surface area contributed by atoms with E-state index in [1.54, 1.807) is 6.07 Å². The number of rotatable bonds is 3. The first-order valence-electron chi connectivity index (χ1n) is 10.2. The van der Waals surface area contributed by atoms with Gasteiger partial charge >= 0.3 is 0 Å². The Morgan fingerprint density at radius 3 is 2.88 bits per heavy atom. The molecule has 2 aliphatic heterocycles. The molecule has 26 heavy (non-hydrogen) atoms. The van der Waals surface area contributed by atoms with Gasteiger partial charge in [0.15, 0.2) is 11.5 Å². The van der Waals surface area contributed by atoms with Gasteiger partial charge in [-0.15, -0.1) is 0 Å². The third-order valence-electron chi connectivity index (χ3n) is 8.13. The maximum Gasteiger partial charge on any atom is 0.165 e. The fraction of sp³-hybridized carbons (Fsp3) is 0.714. The van der Waals surface area contributed by atoms with Gasteiger partial charge in [-0.1, -0.05) is 6.07 Å². The van der Waals surface area contributed by atoms with E-state index in [4.69, 9.17) is 4.74 Å². The van der Waals surface area contributed by atoms with Crippen LogP contribution in [0.3, 0.4) is 0 Å². The molecule has 2 heterocycles. The number of benzene rings is 1. The van der Waals surface area contributed by atoms with Gasteiger partial charge < -0.3 is 20.3 Å². The largest absolute Gasteiger partial charge is 0.504 e. The zero-order valence-electron chi connectivity index (χ0n) is 15.4. The molecule has 6 rings (SSSR count). The molecule has 2 bridgehead atoms. The van der Waals surface area contributed by atoms with E-state index in [0.29, 0.717) is 5.75 Å². The van der Waals surface area contributed by atoms with Crippen LogP contribution in [0.25, 0.3) is 0 Å². The summed E-state index contributed by atoms with van der Waals surface area (Å²) in [7, 11) is 1.99. The Hall–Kier alpha value is -1.30. The van der Waals surface area contributed by atoms with Crippen molar-refractivity contribution in [2.45, 2.75) is 67.7 Å². The molecule has 5 atom stereocenters. The average molecular weight is 356 g/mol. The molecule has 1 spiro atoms. The molecule has 3 aliphatic carbocycles. The summed E-state index contributed by atoms with van der Waals surface area (Å²) in [6.45, 7) is 2.15. The summed E-state index contributed by atoms with van der Waals surface area (Å²) in [6, 6.07) is 4.23. The predicted octanol–water partition coefficient (Wildman–Crippen LogP) is 1.54. The van der Waals surface area contributed by atoms with Crippen molar-refractivity contribution in [3.05, 3.63) is 23.3 Å². The third kappa shape index (κ3) is 1.68. The van der Waals surface area contributed by atoms with Gasteiger partial charge in [-0.05, 0) is 69.7 Å². The number of hydrogen-bond acceptors (Lipinski definition) is 5. The SMILES string of the molecule is CN[C@@H]1CC[C@@]2(O)[C@H]3Cc4ccc(O)c5c4[C@@]2(CCN3CC2CC2)[C@H]1O5. The number of phenols is 1. The number of aromatic hydroxyl groups is 1. The first-order chi connectivity index (χ1) is 12.6. The van der Waals surface area contributed by atoms with Crippen LogP contribution in [-0.2, 0) is 11.8 Å². The summed E-state index contributed by atoms with van der Waals surface area (Å²) in [4.78, 5) is 2.58. The molecule has 1 aromatic rings. The van der Waals surface area contributed by atoms with Crippen molar-refractivity contribution in [2.24, 2.45) is 5.92 Å². The van der Waals surface area contributed by atoms with Gasteiger partial charge in [-0.3, -0.25) is 4.90 Å². The van der Waals surface area contributed by atoms with Gasteiger partial charge in [-0.25, -0.2) is 0 Å². The van der Waals surface area contributed by atoms with Gasteiger partial charge in [0, 0.05) is 24.2 Å². The highest BCUT2D eigenvalue weighted by molar-refractivity contribution is 5.62. The lowest BCUT2D eigenvalue weighted by Gasteiger charge is -2.64. The number of ether oxygens (including phenoxy) is 1. The highest BCUT2D eigenvalue weighted by atomic mass is 16.5. The lowest BCUT2D eigenvalue weighted by atomic mass is 9.48. The van der Waals surface area contributed by atoms with Crippen molar-refractivity contribution in [3.63, 3.8) is 0 Å². The normalized spacial score (nSPS) is 43.1. The Morgan fingerprint density at radius 2 is 2.12 bits per heavy atom. The topological polar surface area (TPSA) is 65.0 Å². The molecule has 1 aromatic carbocycles. The zero-order valence-corrected chi connectivity index (χ0v) is 15.4. The fourth-order valence-corrected chi connectivity index (χ4v) is 6.78. The van der Waals surface area contributed by atoms with Crippen molar-refractivity contribution in [3.8, 4) is 11.5 Å². The molecule has 3 N–H and O–H groups in total. The van der Waals surface area contributed by atoms with Crippen molar-refractivity contribution in [1.29, 1.82) is 0 Å². The van der Waals surface area contributed by atoms with Crippen LogP contribution in [0.15, 0.2) is 12.1 Å². The number of likely N-dealkylation sites (tertiary alicyclic amines) is 1. The fourth-order valence-electron chi connectivity index (χ4n) is 6.78. The van der Waals surface area contributed by atoms with E-state index in [-0.39, 0.29) is 29.4 Å². The van der Waals surface area contributed by atoms with E-state index >= 15 is 0 Å². The van der Waals surface area contributed by atoms with Crippen molar-refractivity contribution < 1.29 is 14.9 Å². The van der Waals surface area contributed by atoms with Crippen LogP contribution in [-0.4, -0.2) is 59.0 Å². The molecule has 0 amide bonds. The number of likely N-dealkylation sites (N-methyl/N-ethyl adjacent to an activating group) is 1. The van der Waals surface area contributed by atoms with Crippen LogP contribution in [0.2, 0.25) is 0 Å². The number of hydrogen-bond donors (Lipinski definition) is 3. The van der Waals surface area contributed by atoms with Crippen molar-refractivity contribution in [2.75, 3.05) is 20.1 Å². The average Bonchev–Trinajstić information content (AvgIpc) is 3.37. The van der Waals surface area contributed by atoms with E-state index in [1.165, 1.54) is 18.4 Å². The summed E-state index contributed by atoms with van der Waals surface area (Å²) in [5.41, 5.74) is 1.25. The predicted molar refractivity (Wildman–Crippen MR) is 97.6 cm³/mol. The van der Waals surface area contributed by atoms with Crippen LogP contribution >= 0.6 is 0 Å². The van der Waals surface area contributed by atoms with Gasteiger partial charge in [0.1, 0.15) is 6.10 Å². The van der Waals surface area contributed by atoms with Crippen molar-refractivity contribution in [1.82, 2.24) is 10.2 Å². The van der Waals surface area contributed by atoms with E-state index in [0.717, 1.165) is 50.3 Å². The molecule has 5 heteroatoms. The maximum atomic E-state index is 12.2. The summed E-state index contributed by atoms with van der Waals surface area (Å²) in [6.07, 6.45) is 6.09. The molecule has 0 unspecified atom stereocenters. The quantitative estimate of drug-likeness (QED) is 0.767. The second kappa shape index (κ2) is 4.94. The molecule has 140 valence electrons. The Kier molecular flexibility index (Phi) is 2.99. The second-order valence-corrected chi connectivity index (χ2v) is 9.22. The summed E-state index contributed by atoms with van der Waals surface area (Å²) in [5, 5.41) is 26.1. The van der Waals surface area contributed by atoms with Crippen LogP contribution in [0, 0.1) is 5.92 Å². The Morgan fingerprint density at radius 1 is 1.27 bits per heavy atom. The maximum absolute atomic E-state index is 12.2. The Labute approximate surface area is 154 Å². The summed E-state index contributed by atoms with van der Waals surface area (Å²) < 4.78 is 6.42. The van der Waals surface area contributed by atoms with Gasteiger partial charge in [-0.2, -0.15) is 0 Å². The minimum absolute atomic E-state index is 0.0980. The third-order valence-corrected chi connectivity index (χ3v) is 8.13. The molecular formula is C21H28N2O3. The lowest BCUT2D eigenvalue weighted by molar-refractivity contribution is -0.191. The van der Waals surface area contributed by atoms with Crippen LogP contribution in [0.1, 0.15) is 43.2 Å². The lowest BCUT2D eigenvalue weighted by Crippen LogP contribution is -2.78. The van der Waals surface area contributed by atoms with Gasteiger partial charge in [0.05, 0.1) is 11.0 Å². The number of nitrogens with zero attached hydrogens (tertiary/aromatic N) is 1. The summed E-state index contributed by atoms with van der Waals surface area (Å²) >= 11 is 0. The standard InChI is InChI=1S/C21H28N2O3/c1-22-14-6-7-21(25)16-10-13-4-5-15(24)18-17(13)20(21,19(14)26-18)8-9-23(16)11-12-2-3-12/h4-5,12,14,16,19,22,24-25H,2-3,6-11H2,1H3/t14-,16-,19+,20+,21-/m1/s1. The first kappa shape index (κ1) is 15.7. The highest BCUT2D eigenvalue weighted by Gasteiger charge is 2.72. The number of piperidine rings is 1. The Balaban J connectivity index is 1.55. The molecule has 0 radical (unpaired) electrons. The molecule has 5 nitrogen and oxygen atoms in total.